The molecule has 0 N–H and O–H groups in total. The van der Waals surface area contributed by atoms with Gasteiger partial charge in [0.2, 0.25) is 0 Å². The molecule has 0 saturated heterocycles. The van der Waals surface area contributed by atoms with E-state index in [4.69, 9.17) is 18.9 Å². The van der Waals surface area contributed by atoms with Crippen molar-refractivity contribution in [3.63, 3.8) is 0 Å². The zero-order valence-corrected chi connectivity index (χ0v) is 26.8. The summed E-state index contributed by atoms with van der Waals surface area (Å²) in [6.07, 6.45) is 1.94. The standard InChI is InChI=1S/C40H38O6/c1-5-7-23-43-39(41)45-37-29-19-11-9-17-27(29)35(31-21-13-15-25(3)33(31)37)36-28-18-10-12-20-30(28)38(46-40(42)44-24-8-6-2)34-26(4)16-14-22-32(34)36/h9-22H,5-8,23-24H2,1-4H3. The molecular weight excluding hydrogens is 576 g/mol. The molecule has 0 atom stereocenters. The van der Waals surface area contributed by atoms with Crippen LogP contribution in [-0.4, -0.2) is 25.5 Å². The van der Waals surface area contributed by atoms with Crippen LogP contribution in [0.4, 0.5) is 9.59 Å². The van der Waals surface area contributed by atoms with Crippen molar-refractivity contribution in [3.05, 3.63) is 96.1 Å². The highest BCUT2D eigenvalue weighted by atomic mass is 16.7. The first-order valence-electron chi connectivity index (χ1n) is 16.0. The van der Waals surface area contributed by atoms with Gasteiger partial charge in [-0.25, -0.2) is 9.59 Å². The zero-order valence-electron chi connectivity index (χ0n) is 26.8. The Morgan fingerprint density at radius 1 is 0.500 bits per heavy atom. The highest BCUT2D eigenvalue weighted by Crippen LogP contribution is 2.51. The summed E-state index contributed by atoms with van der Waals surface area (Å²) in [6.45, 7) is 8.75. The van der Waals surface area contributed by atoms with Gasteiger partial charge in [-0.05, 0) is 70.5 Å². The van der Waals surface area contributed by atoms with Gasteiger partial charge in [0, 0.05) is 21.5 Å². The second kappa shape index (κ2) is 13.5. The summed E-state index contributed by atoms with van der Waals surface area (Å²) in [7, 11) is 0. The van der Waals surface area contributed by atoms with E-state index in [2.05, 4.69) is 24.3 Å². The molecular formula is C40H38O6. The summed E-state index contributed by atoms with van der Waals surface area (Å²) >= 11 is 0. The van der Waals surface area contributed by atoms with Crippen LogP contribution in [0.2, 0.25) is 0 Å². The molecule has 0 radical (unpaired) electrons. The predicted octanol–water partition coefficient (Wildman–Crippen LogP) is 11.2. The fraction of sp³-hybridized carbons (Fsp3) is 0.250. The molecule has 0 aromatic heterocycles. The van der Waals surface area contributed by atoms with Gasteiger partial charge >= 0.3 is 12.3 Å². The van der Waals surface area contributed by atoms with Gasteiger partial charge in [0.1, 0.15) is 0 Å². The summed E-state index contributed by atoms with van der Waals surface area (Å²) in [5.74, 6) is 0.960. The maximum absolute atomic E-state index is 12.9. The Balaban J connectivity index is 1.68. The molecule has 6 aromatic rings. The molecule has 6 heteroatoms. The summed E-state index contributed by atoms with van der Waals surface area (Å²) in [5, 5.41) is 7.02. The zero-order chi connectivity index (χ0) is 32.2. The van der Waals surface area contributed by atoms with E-state index in [9.17, 15) is 9.59 Å². The normalized spacial score (nSPS) is 11.3. The van der Waals surface area contributed by atoms with Gasteiger partial charge in [0.15, 0.2) is 11.5 Å². The van der Waals surface area contributed by atoms with Crippen molar-refractivity contribution in [2.24, 2.45) is 0 Å². The minimum Gasteiger partial charge on any atom is -0.434 e. The van der Waals surface area contributed by atoms with Crippen LogP contribution in [0.5, 0.6) is 11.5 Å². The van der Waals surface area contributed by atoms with Crippen molar-refractivity contribution in [3.8, 4) is 22.6 Å². The number of hydrogen-bond donors (Lipinski definition) is 0. The Morgan fingerprint density at radius 3 is 1.26 bits per heavy atom. The second-order valence-corrected chi connectivity index (χ2v) is 11.6. The molecule has 46 heavy (non-hydrogen) atoms. The lowest BCUT2D eigenvalue weighted by atomic mass is 9.84. The fourth-order valence-electron chi connectivity index (χ4n) is 6.29. The summed E-state index contributed by atoms with van der Waals surface area (Å²) in [6, 6.07) is 28.2. The molecule has 0 spiro atoms. The van der Waals surface area contributed by atoms with Gasteiger partial charge < -0.3 is 18.9 Å². The third kappa shape index (κ3) is 5.71. The quantitative estimate of drug-likeness (QED) is 0.0698. The molecule has 0 aliphatic rings. The number of ether oxygens (including phenoxy) is 4. The molecule has 234 valence electrons. The van der Waals surface area contributed by atoms with Crippen molar-refractivity contribution in [1.82, 2.24) is 0 Å². The van der Waals surface area contributed by atoms with E-state index in [-0.39, 0.29) is 0 Å². The van der Waals surface area contributed by atoms with Gasteiger partial charge in [0.25, 0.3) is 0 Å². The van der Waals surface area contributed by atoms with E-state index in [0.717, 1.165) is 91.0 Å². The van der Waals surface area contributed by atoms with Crippen LogP contribution in [0.3, 0.4) is 0 Å². The van der Waals surface area contributed by atoms with Gasteiger partial charge in [0.05, 0.1) is 13.2 Å². The first-order valence-corrected chi connectivity index (χ1v) is 16.0. The summed E-state index contributed by atoms with van der Waals surface area (Å²) in [5.41, 5.74) is 3.95. The minimum atomic E-state index is -0.713. The number of rotatable bonds is 9. The van der Waals surface area contributed by atoms with Crippen LogP contribution in [0.25, 0.3) is 54.2 Å². The Bertz CT molecular complexity index is 1940. The van der Waals surface area contributed by atoms with Crippen molar-refractivity contribution in [1.29, 1.82) is 0 Å². The largest absolute Gasteiger partial charge is 0.513 e. The molecule has 0 aliphatic heterocycles. The Labute approximate surface area is 268 Å². The first kappa shape index (κ1) is 30.9. The molecule has 0 unspecified atom stereocenters. The van der Waals surface area contributed by atoms with Crippen LogP contribution in [0.1, 0.15) is 50.7 Å². The average Bonchev–Trinajstić information content (AvgIpc) is 3.06. The maximum atomic E-state index is 12.9. The lowest BCUT2D eigenvalue weighted by Crippen LogP contribution is -2.12. The number of carbonyl (C=O) groups excluding carboxylic acids is 2. The lowest BCUT2D eigenvalue weighted by Gasteiger charge is -2.22. The molecule has 0 amide bonds. The van der Waals surface area contributed by atoms with Crippen LogP contribution in [0, 0.1) is 13.8 Å². The molecule has 6 rings (SSSR count). The molecule has 6 nitrogen and oxygen atoms in total. The van der Waals surface area contributed by atoms with Crippen LogP contribution >= 0.6 is 0 Å². The number of unbranched alkanes of at least 4 members (excludes halogenated alkanes) is 2. The number of aryl methyl sites for hydroxylation is 2. The average molecular weight is 615 g/mol. The monoisotopic (exact) mass is 614 g/mol. The highest BCUT2D eigenvalue weighted by molar-refractivity contribution is 6.27. The molecule has 0 heterocycles. The topological polar surface area (TPSA) is 71.1 Å². The number of carbonyl (C=O) groups is 2. The SMILES string of the molecule is CCCCOC(=O)Oc1c2ccccc2c(-c2c3ccccc3c(OC(=O)OCCCC)c3c(C)cccc23)c2cccc(C)c12. The Morgan fingerprint density at radius 2 is 0.870 bits per heavy atom. The van der Waals surface area contributed by atoms with Gasteiger partial charge in [-0.1, -0.05) is 112 Å². The molecule has 0 saturated carbocycles. The number of benzene rings is 6. The molecule has 6 aromatic carbocycles. The smallest absolute Gasteiger partial charge is 0.434 e. The predicted molar refractivity (Wildman–Crippen MR) is 185 cm³/mol. The minimum absolute atomic E-state index is 0.306. The van der Waals surface area contributed by atoms with Gasteiger partial charge in [-0.15, -0.1) is 0 Å². The lowest BCUT2D eigenvalue weighted by molar-refractivity contribution is 0.0977. The van der Waals surface area contributed by atoms with E-state index >= 15 is 0 Å². The van der Waals surface area contributed by atoms with Gasteiger partial charge in [-0.2, -0.15) is 0 Å². The third-order valence-corrected chi connectivity index (χ3v) is 8.48. The van der Waals surface area contributed by atoms with E-state index < -0.39 is 12.3 Å². The van der Waals surface area contributed by atoms with E-state index in [0.29, 0.717) is 24.7 Å². The third-order valence-electron chi connectivity index (χ3n) is 8.48. The van der Waals surface area contributed by atoms with Gasteiger partial charge in [-0.3, -0.25) is 0 Å². The van der Waals surface area contributed by atoms with Crippen molar-refractivity contribution in [2.45, 2.75) is 53.4 Å². The van der Waals surface area contributed by atoms with Crippen molar-refractivity contribution >= 4 is 55.4 Å². The highest BCUT2D eigenvalue weighted by Gasteiger charge is 2.25. The first-order chi connectivity index (χ1) is 22.4. The molecule has 0 aliphatic carbocycles. The number of fused-ring (bicyclic) bond motifs is 4. The van der Waals surface area contributed by atoms with Crippen LogP contribution in [-0.2, 0) is 9.47 Å². The Kier molecular flexibility index (Phi) is 9.06. The van der Waals surface area contributed by atoms with E-state index in [1.807, 2.05) is 88.4 Å². The van der Waals surface area contributed by atoms with Crippen molar-refractivity contribution in [2.75, 3.05) is 13.2 Å². The van der Waals surface area contributed by atoms with E-state index in [1.165, 1.54) is 0 Å². The fourth-order valence-corrected chi connectivity index (χ4v) is 6.29. The van der Waals surface area contributed by atoms with Crippen LogP contribution in [0.15, 0.2) is 84.9 Å². The number of hydrogen-bond acceptors (Lipinski definition) is 6. The van der Waals surface area contributed by atoms with Crippen LogP contribution < -0.4 is 9.47 Å². The second-order valence-electron chi connectivity index (χ2n) is 11.6. The maximum Gasteiger partial charge on any atom is 0.513 e. The molecule has 0 bridgehead atoms. The van der Waals surface area contributed by atoms with E-state index in [1.54, 1.807) is 0 Å². The summed E-state index contributed by atoms with van der Waals surface area (Å²) in [4.78, 5) is 25.9. The van der Waals surface area contributed by atoms with Crippen molar-refractivity contribution < 1.29 is 28.5 Å². The molecule has 0 fully saturated rings. The Hall–Kier alpha value is -5.10. The summed E-state index contributed by atoms with van der Waals surface area (Å²) < 4.78 is 22.9.